The molecule has 1 aliphatic rings. The molecule has 0 radical (unpaired) electrons. The maximum absolute atomic E-state index is 11.6. The lowest BCUT2D eigenvalue weighted by Crippen LogP contribution is -2.44. The number of thioether (sulfide) groups is 1. The van der Waals surface area contributed by atoms with Gasteiger partial charge >= 0.3 is 6.03 Å². The maximum atomic E-state index is 11.6. The van der Waals surface area contributed by atoms with Crippen LogP contribution in [0.5, 0.6) is 0 Å². The van der Waals surface area contributed by atoms with Crippen molar-refractivity contribution in [3.05, 3.63) is 30.1 Å². The lowest BCUT2D eigenvalue weighted by Gasteiger charge is -2.34. The molecule has 3 rings (SSSR count). The number of nitrogens with zero attached hydrogens (tertiary/aromatic N) is 4. The number of nitrogens with one attached hydrogen (secondary N) is 2. The molecule has 0 unspecified atom stereocenters. The van der Waals surface area contributed by atoms with Crippen LogP contribution >= 0.6 is 11.8 Å². The zero-order valence-electron chi connectivity index (χ0n) is 16.4. The van der Waals surface area contributed by atoms with Crippen LogP contribution in [0.1, 0.15) is 19.5 Å². The van der Waals surface area contributed by atoms with Crippen molar-refractivity contribution in [2.24, 2.45) is 0 Å². The first-order chi connectivity index (χ1) is 13.6. The quantitative estimate of drug-likeness (QED) is 0.767. The molecule has 0 aromatic carbocycles. The molecule has 1 atom stereocenters. The highest BCUT2D eigenvalue weighted by Crippen LogP contribution is 2.24. The summed E-state index contributed by atoms with van der Waals surface area (Å²) in [5.74, 6) is 2.84. The minimum Gasteiger partial charge on any atom is -0.377 e. The summed E-state index contributed by atoms with van der Waals surface area (Å²) in [6.45, 7) is 6.76. The summed E-state index contributed by atoms with van der Waals surface area (Å²) in [4.78, 5) is 27.7. The smallest absolute Gasteiger partial charge is 0.320 e. The van der Waals surface area contributed by atoms with E-state index in [0.717, 1.165) is 29.4 Å². The number of aromatic nitrogens is 3. The van der Waals surface area contributed by atoms with Crippen LogP contribution in [-0.4, -0.2) is 59.6 Å². The van der Waals surface area contributed by atoms with E-state index in [-0.39, 0.29) is 12.1 Å². The monoisotopic (exact) mass is 402 g/mol. The number of hydrogen-bond donors (Lipinski definition) is 2. The van der Waals surface area contributed by atoms with Gasteiger partial charge in [-0.2, -0.15) is 11.8 Å². The van der Waals surface area contributed by atoms with E-state index in [1.54, 1.807) is 24.0 Å². The third-order valence-corrected chi connectivity index (χ3v) is 4.90. The van der Waals surface area contributed by atoms with E-state index < -0.39 is 0 Å². The van der Waals surface area contributed by atoms with Gasteiger partial charge in [-0.05, 0) is 32.2 Å². The lowest BCUT2D eigenvalue weighted by atomic mass is 10.2. The number of ether oxygens (including phenoxy) is 1. The van der Waals surface area contributed by atoms with Gasteiger partial charge in [-0.15, -0.1) is 0 Å². The van der Waals surface area contributed by atoms with Crippen molar-refractivity contribution in [1.82, 2.24) is 20.3 Å². The van der Waals surface area contributed by atoms with Crippen molar-refractivity contribution in [2.75, 3.05) is 42.8 Å². The molecule has 3 heterocycles. The number of morpholine rings is 1. The highest BCUT2D eigenvalue weighted by molar-refractivity contribution is 7.97. The molecule has 2 aromatic rings. The summed E-state index contributed by atoms with van der Waals surface area (Å²) in [6, 6.07) is 5.68. The van der Waals surface area contributed by atoms with E-state index >= 15 is 0 Å². The molecule has 28 heavy (non-hydrogen) atoms. The summed E-state index contributed by atoms with van der Waals surface area (Å²) >= 11 is 1.73. The Hall–Kier alpha value is -2.39. The van der Waals surface area contributed by atoms with Crippen molar-refractivity contribution in [3.8, 4) is 11.4 Å². The fourth-order valence-corrected chi connectivity index (χ4v) is 3.41. The Morgan fingerprint density at radius 2 is 2.25 bits per heavy atom. The predicted molar refractivity (Wildman–Crippen MR) is 113 cm³/mol. The van der Waals surface area contributed by atoms with Gasteiger partial charge in [-0.3, -0.25) is 5.32 Å². The van der Waals surface area contributed by atoms with Gasteiger partial charge in [0.05, 0.1) is 24.9 Å². The van der Waals surface area contributed by atoms with Crippen LogP contribution in [0.4, 0.5) is 16.4 Å². The van der Waals surface area contributed by atoms with Crippen LogP contribution in [0.25, 0.3) is 11.4 Å². The molecule has 1 fully saturated rings. The Kier molecular flexibility index (Phi) is 7.05. The normalized spacial score (nSPS) is 16.7. The SMILES string of the molecule is CCNC(=O)Nc1ccc(-c2nc(CSC)cc(N3CCOC[C@@H]3C)n2)cn1. The molecule has 9 heteroatoms. The van der Waals surface area contributed by atoms with Crippen LogP contribution in [0.2, 0.25) is 0 Å². The van der Waals surface area contributed by atoms with Gasteiger partial charge in [0.25, 0.3) is 0 Å². The number of amides is 2. The average molecular weight is 403 g/mol. The molecular weight excluding hydrogens is 376 g/mol. The Morgan fingerprint density at radius 1 is 1.39 bits per heavy atom. The fourth-order valence-electron chi connectivity index (χ4n) is 2.97. The number of pyridine rings is 1. The molecule has 8 nitrogen and oxygen atoms in total. The second kappa shape index (κ2) is 9.70. The highest BCUT2D eigenvalue weighted by atomic mass is 32.2. The first kappa shape index (κ1) is 20.3. The number of urea groups is 1. The van der Waals surface area contributed by atoms with Gasteiger partial charge in [0.15, 0.2) is 5.82 Å². The summed E-state index contributed by atoms with van der Waals surface area (Å²) in [5, 5.41) is 5.37. The molecule has 2 aromatic heterocycles. The standard InChI is InChI=1S/C19H26N6O2S/c1-4-20-19(26)23-16-6-5-14(10-21-16)18-22-15(12-28-3)9-17(24-18)25-7-8-27-11-13(25)2/h5-6,9-10,13H,4,7-8,11-12H2,1-3H3,(H2,20,21,23,26)/t13-/m0/s1. The van der Waals surface area contributed by atoms with Crippen LogP contribution in [0, 0.1) is 0 Å². The van der Waals surface area contributed by atoms with Crippen LogP contribution in [0.15, 0.2) is 24.4 Å². The van der Waals surface area contributed by atoms with Gasteiger partial charge < -0.3 is 15.0 Å². The van der Waals surface area contributed by atoms with Gasteiger partial charge in [0.2, 0.25) is 0 Å². The number of rotatable bonds is 6. The van der Waals surface area contributed by atoms with Crippen molar-refractivity contribution in [2.45, 2.75) is 25.6 Å². The second-order valence-corrected chi connectivity index (χ2v) is 7.37. The summed E-state index contributed by atoms with van der Waals surface area (Å²) < 4.78 is 5.55. The summed E-state index contributed by atoms with van der Waals surface area (Å²) in [7, 11) is 0. The largest absolute Gasteiger partial charge is 0.377 e. The number of hydrogen-bond acceptors (Lipinski definition) is 7. The lowest BCUT2D eigenvalue weighted by molar-refractivity contribution is 0.0985. The van der Waals surface area contributed by atoms with Crippen molar-refractivity contribution in [3.63, 3.8) is 0 Å². The van der Waals surface area contributed by atoms with Crippen LogP contribution in [-0.2, 0) is 10.5 Å². The molecule has 0 aliphatic carbocycles. The molecule has 1 saturated heterocycles. The zero-order valence-corrected chi connectivity index (χ0v) is 17.3. The predicted octanol–water partition coefficient (Wildman–Crippen LogP) is 2.77. The number of carbonyl (C=O) groups is 1. The first-order valence-electron chi connectivity index (χ1n) is 9.33. The molecule has 0 spiro atoms. The molecule has 2 amide bonds. The fraction of sp³-hybridized carbons (Fsp3) is 0.474. The highest BCUT2D eigenvalue weighted by Gasteiger charge is 2.21. The van der Waals surface area contributed by atoms with E-state index in [9.17, 15) is 4.79 Å². The minimum atomic E-state index is -0.274. The average Bonchev–Trinajstić information content (AvgIpc) is 2.69. The minimum absolute atomic E-state index is 0.264. The van der Waals surface area contributed by atoms with E-state index in [4.69, 9.17) is 14.7 Å². The molecule has 0 saturated carbocycles. The number of anilines is 2. The third-order valence-electron chi connectivity index (χ3n) is 4.32. The van der Waals surface area contributed by atoms with Gasteiger partial charge in [-0.1, -0.05) is 0 Å². The van der Waals surface area contributed by atoms with Crippen LogP contribution < -0.4 is 15.5 Å². The molecule has 0 bridgehead atoms. The first-order valence-corrected chi connectivity index (χ1v) is 10.7. The Balaban J connectivity index is 1.86. The second-order valence-electron chi connectivity index (χ2n) is 6.51. The van der Waals surface area contributed by atoms with Gasteiger partial charge in [-0.25, -0.2) is 19.7 Å². The van der Waals surface area contributed by atoms with E-state index in [0.29, 0.717) is 31.4 Å². The van der Waals surface area contributed by atoms with E-state index in [2.05, 4.69) is 39.8 Å². The van der Waals surface area contributed by atoms with Crippen molar-refractivity contribution < 1.29 is 9.53 Å². The Morgan fingerprint density at radius 3 is 2.93 bits per heavy atom. The Bertz CT molecular complexity index is 802. The molecule has 2 N–H and O–H groups in total. The Labute approximate surface area is 169 Å². The van der Waals surface area contributed by atoms with E-state index in [1.165, 1.54) is 0 Å². The third kappa shape index (κ3) is 5.11. The van der Waals surface area contributed by atoms with Crippen molar-refractivity contribution >= 4 is 29.4 Å². The zero-order chi connectivity index (χ0) is 19.9. The summed E-state index contributed by atoms with van der Waals surface area (Å²) in [5.41, 5.74) is 1.79. The number of carbonyl (C=O) groups excluding carboxylic acids is 1. The molecule has 1 aliphatic heterocycles. The summed E-state index contributed by atoms with van der Waals surface area (Å²) in [6.07, 6.45) is 3.74. The van der Waals surface area contributed by atoms with Crippen LogP contribution in [0.3, 0.4) is 0 Å². The van der Waals surface area contributed by atoms with Gasteiger partial charge in [0.1, 0.15) is 11.6 Å². The molecular formula is C19H26N6O2S. The van der Waals surface area contributed by atoms with Crippen molar-refractivity contribution in [1.29, 1.82) is 0 Å². The van der Waals surface area contributed by atoms with Gasteiger partial charge in [0, 0.05) is 36.7 Å². The topological polar surface area (TPSA) is 92.3 Å². The maximum Gasteiger partial charge on any atom is 0.320 e. The van der Waals surface area contributed by atoms with E-state index in [1.807, 2.05) is 13.0 Å². The molecule has 150 valence electrons.